The first-order chi connectivity index (χ1) is 9.58. The van der Waals surface area contributed by atoms with Crippen molar-refractivity contribution >= 4 is 17.4 Å². The molecule has 5 heteroatoms. The predicted octanol–water partition coefficient (Wildman–Crippen LogP) is 3.39. The molecule has 0 aliphatic carbocycles. The molecule has 0 unspecified atom stereocenters. The SMILES string of the molecule is CC(C)c1nc(CCNC(=O)N2CCCC[C@H]2C)cs1. The lowest BCUT2D eigenvalue weighted by molar-refractivity contribution is 0.158. The van der Waals surface area contributed by atoms with Gasteiger partial charge in [0.15, 0.2) is 0 Å². The molecule has 1 atom stereocenters. The summed E-state index contributed by atoms with van der Waals surface area (Å²) in [7, 11) is 0. The zero-order valence-corrected chi connectivity index (χ0v) is 13.5. The van der Waals surface area contributed by atoms with Crippen LogP contribution in [-0.4, -0.2) is 35.0 Å². The van der Waals surface area contributed by atoms with E-state index in [1.165, 1.54) is 11.4 Å². The van der Waals surface area contributed by atoms with Crippen LogP contribution in [0.1, 0.15) is 56.7 Å². The van der Waals surface area contributed by atoms with E-state index in [1.54, 1.807) is 11.3 Å². The molecule has 1 N–H and O–H groups in total. The second kappa shape index (κ2) is 7.07. The predicted molar refractivity (Wildman–Crippen MR) is 83.3 cm³/mol. The number of piperidine rings is 1. The number of amides is 2. The Morgan fingerprint density at radius 1 is 1.55 bits per heavy atom. The summed E-state index contributed by atoms with van der Waals surface area (Å²) in [6, 6.07) is 0.451. The van der Waals surface area contributed by atoms with Crippen molar-refractivity contribution in [1.29, 1.82) is 0 Å². The van der Waals surface area contributed by atoms with E-state index in [-0.39, 0.29) is 6.03 Å². The third-order valence-electron chi connectivity index (χ3n) is 3.78. The number of aromatic nitrogens is 1. The quantitative estimate of drug-likeness (QED) is 0.925. The Morgan fingerprint density at radius 2 is 2.35 bits per heavy atom. The van der Waals surface area contributed by atoms with E-state index in [0.29, 0.717) is 18.5 Å². The van der Waals surface area contributed by atoms with Crippen LogP contribution in [0.15, 0.2) is 5.38 Å². The Labute approximate surface area is 125 Å². The average molecular weight is 295 g/mol. The molecule has 2 amide bonds. The lowest BCUT2D eigenvalue weighted by Gasteiger charge is -2.33. The fraction of sp³-hybridized carbons (Fsp3) is 0.733. The van der Waals surface area contributed by atoms with Gasteiger partial charge in [-0.2, -0.15) is 0 Å². The highest BCUT2D eigenvalue weighted by molar-refractivity contribution is 7.09. The van der Waals surface area contributed by atoms with E-state index >= 15 is 0 Å². The molecule has 1 aliphatic heterocycles. The van der Waals surface area contributed by atoms with E-state index in [0.717, 1.165) is 31.5 Å². The maximum Gasteiger partial charge on any atom is 0.317 e. The third kappa shape index (κ3) is 3.95. The van der Waals surface area contributed by atoms with Gasteiger partial charge in [0.25, 0.3) is 0 Å². The van der Waals surface area contributed by atoms with Crippen LogP contribution in [-0.2, 0) is 6.42 Å². The van der Waals surface area contributed by atoms with E-state index < -0.39 is 0 Å². The largest absolute Gasteiger partial charge is 0.338 e. The van der Waals surface area contributed by atoms with Gasteiger partial charge in [0.05, 0.1) is 10.7 Å². The van der Waals surface area contributed by atoms with Crippen LogP contribution >= 0.6 is 11.3 Å². The Hall–Kier alpha value is -1.10. The van der Waals surface area contributed by atoms with E-state index in [2.05, 4.69) is 36.5 Å². The number of urea groups is 1. The number of rotatable bonds is 4. The van der Waals surface area contributed by atoms with Crippen molar-refractivity contribution in [2.45, 2.75) is 58.4 Å². The highest BCUT2D eigenvalue weighted by Crippen LogP contribution is 2.19. The summed E-state index contributed by atoms with van der Waals surface area (Å²) < 4.78 is 0. The number of carbonyl (C=O) groups is 1. The topological polar surface area (TPSA) is 45.2 Å². The van der Waals surface area contributed by atoms with Gasteiger partial charge in [-0.15, -0.1) is 11.3 Å². The number of nitrogens with one attached hydrogen (secondary N) is 1. The molecule has 112 valence electrons. The molecule has 1 aliphatic rings. The summed E-state index contributed by atoms with van der Waals surface area (Å²) in [4.78, 5) is 18.7. The van der Waals surface area contributed by atoms with E-state index in [1.807, 2.05) is 4.90 Å². The van der Waals surface area contributed by atoms with Gasteiger partial charge in [0.2, 0.25) is 0 Å². The van der Waals surface area contributed by atoms with E-state index in [4.69, 9.17) is 0 Å². The van der Waals surface area contributed by atoms with Crippen LogP contribution in [0, 0.1) is 0 Å². The van der Waals surface area contributed by atoms with E-state index in [9.17, 15) is 4.79 Å². The normalized spacial score (nSPS) is 19.4. The average Bonchev–Trinajstić information content (AvgIpc) is 2.88. The molecule has 0 aromatic carbocycles. The summed E-state index contributed by atoms with van der Waals surface area (Å²) >= 11 is 1.71. The fourth-order valence-electron chi connectivity index (χ4n) is 2.50. The number of hydrogen-bond donors (Lipinski definition) is 1. The van der Waals surface area contributed by atoms with Gasteiger partial charge in [-0.3, -0.25) is 0 Å². The number of thiazole rings is 1. The first-order valence-corrected chi connectivity index (χ1v) is 8.44. The van der Waals surface area contributed by atoms with Crippen molar-refractivity contribution in [3.63, 3.8) is 0 Å². The van der Waals surface area contributed by atoms with Gasteiger partial charge >= 0.3 is 6.03 Å². The molecule has 2 rings (SSSR count). The van der Waals surface area contributed by atoms with Gasteiger partial charge in [0.1, 0.15) is 0 Å². The summed E-state index contributed by atoms with van der Waals surface area (Å²) in [6.07, 6.45) is 4.30. The first-order valence-electron chi connectivity index (χ1n) is 7.56. The maximum atomic E-state index is 12.1. The maximum absolute atomic E-state index is 12.1. The minimum absolute atomic E-state index is 0.0801. The van der Waals surface area contributed by atoms with Crippen LogP contribution in [0.25, 0.3) is 0 Å². The number of carbonyl (C=O) groups excluding carboxylic acids is 1. The highest BCUT2D eigenvalue weighted by Gasteiger charge is 2.22. The molecule has 2 heterocycles. The molecule has 0 bridgehead atoms. The highest BCUT2D eigenvalue weighted by atomic mass is 32.1. The van der Waals surface area contributed by atoms with Gasteiger partial charge in [-0.05, 0) is 26.2 Å². The number of nitrogens with zero attached hydrogens (tertiary/aromatic N) is 2. The van der Waals surface area contributed by atoms with Crippen molar-refractivity contribution in [3.05, 3.63) is 16.1 Å². The van der Waals surface area contributed by atoms with Crippen LogP contribution in [0.4, 0.5) is 4.79 Å². The molecule has 4 nitrogen and oxygen atoms in total. The Morgan fingerprint density at radius 3 is 3.00 bits per heavy atom. The standard InChI is InChI=1S/C15H25N3OS/c1-11(2)14-17-13(10-20-14)7-8-16-15(19)18-9-5-4-6-12(18)3/h10-12H,4-9H2,1-3H3,(H,16,19)/t12-/m1/s1. The second-order valence-corrected chi connectivity index (χ2v) is 6.74. The zero-order chi connectivity index (χ0) is 14.5. The first kappa shape index (κ1) is 15.3. The number of likely N-dealkylation sites (tertiary alicyclic amines) is 1. The molecule has 1 aromatic heterocycles. The lowest BCUT2D eigenvalue weighted by Crippen LogP contribution is -2.47. The summed E-state index contributed by atoms with van der Waals surface area (Å²) in [5.41, 5.74) is 1.09. The molecule has 1 saturated heterocycles. The molecular formula is C15H25N3OS. The molecular weight excluding hydrogens is 270 g/mol. The molecule has 1 aromatic rings. The Kier molecular flexibility index (Phi) is 5.40. The van der Waals surface area contributed by atoms with Gasteiger partial charge in [0, 0.05) is 36.9 Å². The van der Waals surface area contributed by atoms with Crippen molar-refractivity contribution in [3.8, 4) is 0 Å². The minimum Gasteiger partial charge on any atom is -0.338 e. The molecule has 0 saturated carbocycles. The smallest absolute Gasteiger partial charge is 0.317 e. The monoisotopic (exact) mass is 295 g/mol. The summed E-state index contributed by atoms with van der Waals surface area (Å²) in [5.74, 6) is 0.484. The fourth-order valence-corrected chi connectivity index (χ4v) is 3.37. The summed E-state index contributed by atoms with van der Waals surface area (Å²) in [5, 5.41) is 6.30. The summed E-state index contributed by atoms with van der Waals surface area (Å²) in [6.45, 7) is 8.00. The van der Waals surface area contributed by atoms with Crippen LogP contribution in [0.5, 0.6) is 0 Å². The van der Waals surface area contributed by atoms with Gasteiger partial charge in [-0.1, -0.05) is 13.8 Å². The molecule has 20 heavy (non-hydrogen) atoms. The zero-order valence-electron chi connectivity index (χ0n) is 12.7. The molecule has 0 spiro atoms. The van der Waals surface area contributed by atoms with Gasteiger partial charge < -0.3 is 10.2 Å². The van der Waals surface area contributed by atoms with Crippen molar-refractivity contribution < 1.29 is 4.79 Å². The Balaban J connectivity index is 1.75. The second-order valence-electron chi connectivity index (χ2n) is 5.85. The van der Waals surface area contributed by atoms with Crippen LogP contribution in [0.3, 0.4) is 0 Å². The van der Waals surface area contributed by atoms with Crippen LogP contribution < -0.4 is 5.32 Å². The van der Waals surface area contributed by atoms with Gasteiger partial charge in [-0.25, -0.2) is 9.78 Å². The Bertz CT molecular complexity index is 444. The van der Waals surface area contributed by atoms with Crippen LogP contribution in [0.2, 0.25) is 0 Å². The minimum atomic E-state index is 0.0801. The third-order valence-corrected chi connectivity index (χ3v) is 4.98. The molecule has 0 radical (unpaired) electrons. The number of hydrogen-bond acceptors (Lipinski definition) is 3. The molecule has 1 fully saturated rings. The van der Waals surface area contributed by atoms with Crippen molar-refractivity contribution in [2.24, 2.45) is 0 Å². The van der Waals surface area contributed by atoms with Crippen molar-refractivity contribution in [2.75, 3.05) is 13.1 Å². The van der Waals surface area contributed by atoms with Crippen molar-refractivity contribution in [1.82, 2.24) is 15.2 Å². The lowest BCUT2D eigenvalue weighted by atomic mass is 10.0.